The lowest BCUT2D eigenvalue weighted by Gasteiger charge is -2.36. The summed E-state index contributed by atoms with van der Waals surface area (Å²) >= 11 is 3.86. The van der Waals surface area contributed by atoms with E-state index in [9.17, 15) is 0 Å². The smallest absolute Gasteiger partial charge is 0.0564 e. The number of thioether (sulfide) groups is 1. The van der Waals surface area contributed by atoms with Crippen molar-refractivity contribution in [3.63, 3.8) is 0 Å². The van der Waals surface area contributed by atoms with Gasteiger partial charge in [-0.1, -0.05) is 38.1 Å². The lowest BCUT2D eigenvalue weighted by atomic mass is 9.91. The Bertz CT molecular complexity index is 812. The van der Waals surface area contributed by atoms with Crippen LogP contribution in [0.4, 0.5) is 11.4 Å². The zero-order chi connectivity index (χ0) is 19.5. The summed E-state index contributed by atoms with van der Waals surface area (Å²) in [5.41, 5.74) is 4.11. The highest BCUT2D eigenvalue weighted by atomic mass is 32.2. The van der Waals surface area contributed by atoms with Crippen molar-refractivity contribution in [1.29, 1.82) is 0 Å². The highest BCUT2D eigenvalue weighted by Crippen LogP contribution is 2.49. The van der Waals surface area contributed by atoms with E-state index in [0.717, 1.165) is 18.2 Å². The molecule has 0 amide bonds. The molecule has 2 aromatic carbocycles. The maximum Gasteiger partial charge on any atom is 0.0564 e. The Labute approximate surface area is 178 Å². The first kappa shape index (κ1) is 20.2. The van der Waals surface area contributed by atoms with E-state index < -0.39 is 0 Å². The number of rotatable bonds is 6. The van der Waals surface area contributed by atoms with Crippen molar-refractivity contribution in [2.75, 3.05) is 23.7 Å². The summed E-state index contributed by atoms with van der Waals surface area (Å²) in [5.74, 6) is 1.99. The highest BCUT2D eigenvalue weighted by molar-refractivity contribution is 8.00. The third kappa shape index (κ3) is 4.39. The largest absolute Gasteiger partial charge is 0.340 e. The Hall–Kier alpha value is -1.10. The Balaban J connectivity index is 1.57. The molecule has 2 unspecified atom stereocenters. The number of hydrogen-bond acceptors (Lipinski definition) is 4. The molecule has 2 nitrogen and oxygen atoms in total. The van der Waals surface area contributed by atoms with Crippen molar-refractivity contribution in [3.8, 4) is 0 Å². The maximum absolute atomic E-state index is 3.81. The van der Waals surface area contributed by atoms with E-state index in [2.05, 4.69) is 67.4 Å². The summed E-state index contributed by atoms with van der Waals surface area (Å²) in [6, 6.07) is 14.6. The quantitative estimate of drug-likeness (QED) is 0.520. The molecule has 28 heavy (non-hydrogen) atoms. The van der Waals surface area contributed by atoms with Crippen LogP contribution in [-0.4, -0.2) is 24.9 Å². The van der Waals surface area contributed by atoms with Gasteiger partial charge in [-0.2, -0.15) is 0 Å². The molecule has 2 atom stereocenters. The van der Waals surface area contributed by atoms with Crippen molar-refractivity contribution in [2.45, 2.75) is 67.2 Å². The predicted molar refractivity (Wildman–Crippen MR) is 125 cm³/mol. The van der Waals surface area contributed by atoms with Gasteiger partial charge in [-0.25, -0.2) is 0 Å². The first-order valence-corrected chi connectivity index (χ1v) is 12.5. The van der Waals surface area contributed by atoms with Crippen LogP contribution >= 0.6 is 23.5 Å². The van der Waals surface area contributed by atoms with Crippen molar-refractivity contribution in [1.82, 2.24) is 5.32 Å². The molecule has 2 aliphatic rings. The molecular weight excluding hydrogens is 380 g/mol. The minimum Gasteiger partial charge on any atom is -0.340 e. The lowest BCUT2D eigenvalue weighted by Crippen LogP contribution is -2.40. The normalized spacial score (nSPS) is 21.3. The summed E-state index contributed by atoms with van der Waals surface area (Å²) in [4.78, 5) is 6.74. The number of nitrogens with one attached hydrogen (secondary N) is 1. The number of aryl methyl sites for hydroxylation is 1. The number of benzene rings is 2. The van der Waals surface area contributed by atoms with Crippen molar-refractivity contribution >= 4 is 34.9 Å². The minimum atomic E-state index is 0.655. The van der Waals surface area contributed by atoms with Crippen LogP contribution in [-0.2, 0) is 0 Å². The molecule has 0 aromatic heterocycles. The number of fused-ring (bicyclic) bond motifs is 2. The third-order valence-electron chi connectivity index (χ3n) is 6.06. The second-order valence-corrected chi connectivity index (χ2v) is 10.5. The fraction of sp³-hybridized carbons (Fsp3) is 0.500. The average molecular weight is 413 g/mol. The summed E-state index contributed by atoms with van der Waals surface area (Å²) in [5, 5.41) is 3.81. The van der Waals surface area contributed by atoms with E-state index in [1.54, 1.807) is 0 Å². The first-order chi connectivity index (χ1) is 13.7. The van der Waals surface area contributed by atoms with E-state index in [4.69, 9.17) is 0 Å². The van der Waals surface area contributed by atoms with E-state index >= 15 is 0 Å². The molecule has 0 spiro atoms. The Morgan fingerprint density at radius 2 is 1.96 bits per heavy atom. The zero-order valence-electron chi connectivity index (χ0n) is 17.3. The number of anilines is 2. The molecule has 1 fully saturated rings. The third-order valence-corrected chi connectivity index (χ3v) is 8.04. The van der Waals surface area contributed by atoms with Crippen LogP contribution in [0.5, 0.6) is 0 Å². The van der Waals surface area contributed by atoms with Crippen LogP contribution in [0.25, 0.3) is 0 Å². The molecule has 0 radical (unpaired) electrons. The molecule has 150 valence electrons. The van der Waals surface area contributed by atoms with Gasteiger partial charge in [-0.3, -0.25) is 0 Å². The maximum atomic E-state index is 3.81. The molecule has 0 bridgehead atoms. The van der Waals surface area contributed by atoms with Gasteiger partial charge in [0.25, 0.3) is 0 Å². The predicted octanol–water partition coefficient (Wildman–Crippen LogP) is 6.88. The van der Waals surface area contributed by atoms with E-state index in [1.165, 1.54) is 63.9 Å². The van der Waals surface area contributed by atoms with Gasteiger partial charge in [0.15, 0.2) is 0 Å². The molecule has 1 N–H and O–H groups in total. The second kappa shape index (κ2) is 9.15. The number of hydrogen-bond donors (Lipinski definition) is 1. The highest BCUT2D eigenvalue weighted by Gasteiger charge is 2.26. The molecule has 1 saturated heterocycles. The van der Waals surface area contributed by atoms with E-state index in [0.29, 0.717) is 6.04 Å². The summed E-state index contributed by atoms with van der Waals surface area (Å²) in [6.07, 6.45) is 5.22. The molecule has 2 aromatic rings. The van der Waals surface area contributed by atoms with Gasteiger partial charge < -0.3 is 10.2 Å². The van der Waals surface area contributed by atoms with Gasteiger partial charge in [-0.15, -0.1) is 11.8 Å². The van der Waals surface area contributed by atoms with Crippen LogP contribution in [0.15, 0.2) is 51.1 Å². The SMILES string of the molecule is CCSc1ccc2c(c1)N(CCC1CCC(CC)CN1)c1ccc(C)cc1S2. The zero-order valence-corrected chi connectivity index (χ0v) is 19.0. The molecule has 2 heterocycles. The van der Waals surface area contributed by atoms with Crippen LogP contribution in [0.2, 0.25) is 0 Å². The molecule has 4 rings (SSSR count). The number of nitrogens with zero attached hydrogens (tertiary/aromatic N) is 1. The molecule has 4 heteroatoms. The van der Waals surface area contributed by atoms with Crippen LogP contribution in [0, 0.1) is 12.8 Å². The van der Waals surface area contributed by atoms with Gasteiger partial charge in [0.1, 0.15) is 0 Å². The monoisotopic (exact) mass is 412 g/mol. The van der Waals surface area contributed by atoms with Crippen molar-refractivity contribution in [2.24, 2.45) is 5.92 Å². The fourth-order valence-corrected chi connectivity index (χ4v) is 6.19. The Morgan fingerprint density at radius 3 is 2.71 bits per heavy atom. The Morgan fingerprint density at radius 1 is 1.07 bits per heavy atom. The van der Waals surface area contributed by atoms with Gasteiger partial charge in [0, 0.05) is 27.3 Å². The minimum absolute atomic E-state index is 0.655. The first-order valence-electron chi connectivity index (χ1n) is 10.7. The molecule has 2 aliphatic heterocycles. The van der Waals surface area contributed by atoms with Crippen LogP contribution in [0.1, 0.15) is 45.1 Å². The van der Waals surface area contributed by atoms with Crippen LogP contribution < -0.4 is 10.2 Å². The van der Waals surface area contributed by atoms with Gasteiger partial charge >= 0.3 is 0 Å². The second-order valence-electron chi connectivity index (χ2n) is 8.03. The topological polar surface area (TPSA) is 15.3 Å². The van der Waals surface area contributed by atoms with Crippen LogP contribution in [0.3, 0.4) is 0 Å². The number of piperidine rings is 1. The van der Waals surface area contributed by atoms with Crippen molar-refractivity contribution in [3.05, 3.63) is 42.0 Å². The molecule has 0 saturated carbocycles. The molecular formula is C24H32N2S2. The van der Waals surface area contributed by atoms with Gasteiger partial charge in [0.2, 0.25) is 0 Å². The van der Waals surface area contributed by atoms with Crippen molar-refractivity contribution < 1.29 is 0 Å². The Kier molecular flexibility index (Phi) is 6.59. The standard InChI is InChI=1S/C24H32N2S2/c1-4-18-7-8-19(25-16-18)12-13-26-21-10-6-17(3)14-24(21)28-23-11-9-20(27-5-2)15-22(23)26/h6,9-11,14-15,18-19,25H,4-5,7-8,12-13,16H2,1-3H3. The summed E-state index contributed by atoms with van der Waals surface area (Å²) in [7, 11) is 0. The fourth-order valence-electron chi connectivity index (χ4n) is 4.32. The van der Waals surface area contributed by atoms with E-state index in [1.807, 2.05) is 23.5 Å². The average Bonchev–Trinajstić information content (AvgIpc) is 2.72. The van der Waals surface area contributed by atoms with E-state index in [-0.39, 0.29) is 0 Å². The lowest BCUT2D eigenvalue weighted by molar-refractivity contribution is 0.296. The molecule has 0 aliphatic carbocycles. The van der Waals surface area contributed by atoms with Gasteiger partial charge in [0.05, 0.1) is 11.4 Å². The summed E-state index contributed by atoms with van der Waals surface area (Å²) < 4.78 is 0. The summed E-state index contributed by atoms with van der Waals surface area (Å²) in [6.45, 7) is 9.02. The van der Waals surface area contributed by atoms with Gasteiger partial charge in [-0.05, 0) is 80.3 Å².